The van der Waals surface area contributed by atoms with Crippen LogP contribution in [0.25, 0.3) is 0 Å². The molecule has 2 heteroatoms. The molecule has 0 aromatic rings. The zero-order valence-electron chi connectivity index (χ0n) is 12.2. The van der Waals surface area contributed by atoms with Crippen LogP contribution < -0.4 is 5.32 Å². The van der Waals surface area contributed by atoms with Crippen LogP contribution in [0.15, 0.2) is 0 Å². The summed E-state index contributed by atoms with van der Waals surface area (Å²) in [5.41, 5.74) is 0.991. The standard InChI is InChI=1S/C15H30N2/c1-14(2,3)15(4)6-9-17(10-7-15)12-13-5-8-16-11-13/h13,16H,5-12H2,1-4H3/t13-/m1/s1. The van der Waals surface area contributed by atoms with Crippen molar-refractivity contribution in [1.29, 1.82) is 0 Å². The van der Waals surface area contributed by atoms with E-state index in [9.17, 15) is 0 Å². The number of hydrogen-bond acceptors (Lipinski definition) is 2. The van der Waals surface area contributed by atoms with E-state index in [1.165, 1.54) is 52.0 Å². The summed E-state index contributed by atoms with van der Waals surface area (Å²) >= 11 is 0. The summed E-state index contributed by atoms with van der Waals surface area (Å²) in [5, 5.41) is 3.48. The lowest BCUT2D eigenvalue weighted by atomic mass is 9.63. The van der Waals surface area contributed by atoms with Gasteiger partial charge in [0.25, 0.3) is 0 Å². The molecule has 0 saturated carbocycles. The van der Waals surface area contributed by atoms with Crippen molar-refractivity contribution < 1.29 is 0 Å². The molecule has 0 aromatic heterocycles. The smallest absolute Gasteiger partial charge is 0.00223 e. The molecule has 2 heterocycles. The van der Waals surface area contributed by atoms with Gasteiger partial charge in [-0.05, 0) is 62.2 Å². The molecule has 2 nitrogen and oxygen atoms in total. The van der Waals surface area contributed by atoms with E-state index in [-0.39, 0.29) is 0 Å². The SMILES string of the molecule is CC(C)(C)C1(C)CCN(C[C@@H]2CCNC2)CC1. The van der Waals surface area contributed by atoms with Crippen LogP contribution in [0.4, 0.5) is 0 Å². The highest BCUT2D eigenvalue weighted by Crippen LogP contribution is 2.46. The normalized spacial score (nSPS) is 30.7. The fourth-order valence-electron chi connectivity index (χ4n) is 3.21. The number of hydrogen-bond donors (Lipinski definition) is 1. The largest absolute Gasteiger partial charge is 0.316 e. The topological polar surface area (TPSA) is 15.3 Å². The summed E-state index contributed by atoms with van der Waals surface area (Å²) in [4.78, 5) is 2.70. The fourth-order valence-corrected chi connectivity index (χ4v) is 3.21. The average Bonchev–Trinajstić information content (AvgIpc) is 2.73. The molecule has 2 aliphatic heterocycles. The van der Waals surface area contributed by atoms with Gasteiger partial charge in [0, 0.05) is 6.54 Å². The number of rotatable bonds is 2. The second-order valence-electron chi connectivity index (χ2n) is 7.47. The molecule has 17 heavy (non-hydrogen) atoms. The molecule has 1 atom stereocenters. The Morgan fingerprint density at radius 3 is 2.35 bits per heavy atom. The highest BCUT2D eigenvalue weighted by molar-refractivity contribution is 4.91. The molecule has 0 radical (unpaired) electrons. The van der Waals surface area contributed by atoms with Crippen molar-refractivity contribution in [3.05, 3.63) is 0 Å². The number of nitrogens with one attached hydrogen (secondary N) is 1. The Morgan fingerprint density at radius 1 is 1.24 bits per heavy atom. The summed E-state index contributed by atoms with van der Waals surface area (Å²) in [6.07, 6.45) is 4.13. The molecular weight excluding hydrogens is 208 g/mol. The van der Waals surface area contributed by atoms with Gasteiger partial charge in [-0.1, -0.05) is 27.7 Å². The molecular formula is C15H30N2. The maximum Gasteiger partial charge on any atom is 0.00223 e. The van der Waals surface area contributed by atoms with Gasteiger partial charge in [-0.25, -0.2) is 0 Å². The van der Waals surface area contributed by atoms with Crippen molar-refractivity contribution in [2.75, 3.05) is 32.7 Å². The van der Waals surface area contributed by atoms with Gasteiger partial charge in [-0.3, -0.25) is 0 Å². The summed E-state index contributed by atoms with van der Waals surface area (Å²) in [6.45, 7) is 16.1. The Morgan fingerprint density at radius 2 is 1.88 bits per heavy atom. The molecule has 2 rings (SSSR count). The Labute approximate surface area is 107 Å². The number of nitrogens with zero attached hydrogens (tertiary/aromatic N) is 1. The minimum absolute atomic E-state index is 0.452. The first kappa shape index (κ1) is 13.4. The molecule has 100 valence electrons. The zero-order chi connectivity index (χ0) is 12.5. The Balaban J connectivity index is 1.81. The van der Waals surface area contributed by atoms with Gasteiger partial charge in [0.15, 0.2) is 0 Å². The first-order valence-electron chi connectivity index (χ1n) is 7.34. The van der Waals surface area contributed by atoms with Gasteiger partial charge < -0.3 is 10.2 Å². The third kappa shape index (κ3) is 3.03. The van der Waals surface area contributed by atoms with Crippen LogP contribution in [-0.2, 0) is 0 Å². The predicted molar refractivity (Wildman–Crippen MR) is 74.2 cm³/mol. The highest BCUT2D eigenvalue weighted by atomic mass is 15.1. The van der Waals surface area contributed by atoms with Crippen molar-refractivity contribution >= 4 is 0 Å². The summed E-state index contributed by atoms with van der Waals surface area (Å²) < 4.78 is 0. The molecule has 2 fully saturated rings. The molecule has 2 saturated heterocycles. The second-order valence-corrected chi connectivity index (χ2v) is 7.47. The molecule has 0 bridgehead atoms. The molecule has 0 aliphatic carbocycles. The first-order valence-corrected chi connectivity index (χ1v) is 7.34. The summed E-state index contributed by atoms with van der Waals surface area (Å²) in [7, 11) is 0. The highest BCUT2D eigenvalue weighted by Gasteiger charge is 2.40. The molecule has 0 unspecified atom stereocenters. The van der Waals surface area contributed by atoms with E-state index in [0.717, 1.165) is 5.92 Å². The quantitative estimate of drug-likeness (QED) is 0.796. The van der Waals surface area contributed by atoms with E-state index in [0.29, 0.717) is 10.8 Å². The van der Waals surface area contributed by atoms with Crippen molar-refractivity contribution in [2.45, 2.75) is 47.0 Å². The Hall–Kier alpha value is -0.0800. The van der Waals surface area contributed by atoms with E-state index in [4.69, 9.17) is 0 Å². The second kappa shape index (κ2) is 4.89. The summed E-state index contributed by atoms with van der Waals surface area (Å²) in [6, 6.07) is 0. The van der Waals surface area contributed by atoms with Crippen molar-refractivity contribution in [3.8, 4) is 0 Å². The minimum Gasteiger partial charge on any atom is -0.316 e. The van der Waals surface area contributed by atoms with Crippen molar-refractivity contribution in [2.24, 2.45) is 16.7 Å². The zero-order valence-corrected chi connectivity index (χ0v) is 12.2. The monoisotopic (exact) mass is 238 g/mol. The first-order chi connectivity index (χ1) is 7.91. The van der Waals surface area contributed by atoms with E-state index in [1.807, 2.05) is 0 Å². The fraction of sp³-hybridized carbons (Fsp3) is 1.00. The molecule has 0 amide bonds. The lowest BCUT2D eigenvalue weighted by Gasteiger charge is -2.48. The minimum atomic E-state index is 0.452. The van der Waals surface area contributed by atoms with E-state index in [2.05, 4.69) is 37.9 Å². The van der Waals surface area contributed by atoms with Crippen LogP contribution >= 0.6 is 0 Å². The van der Waals surface area contributed by atoms with Gasteiger partial charge in [-0.2, -0.15) is 0 Å². The Kier molecular flexibility index (Phi) is 3.84. The van der Waals surface area contributed by atoms with Crippen LogP contribution in [0.5, 0.6) is 0 Å². The third-order valence-electron chi connectivity index (χ3n) is 5.45. The lowest BCUT2D eigenvalue weighted by Crippen LogP contribution is -2.46. The van der Waals surface area contributed by atoms with Gasteiger partial charge in [-0.15, -0.1) is 0 Å². The van der Waals surface area contributed by atoms with E-state index >= 15 is 0 Å². The van der Waals surface area contributed by atoms with Crippen LogP contribution in [-0.4, -0.2) is 37.6 Å². The van der Waals surface area contributed by atoms with Gasteiger partial charge >= 0.3 is 0 Å². The van der Waals surface area contributed by atoms with Crippen LogP contribution in [0.1, 0.15) is 47.0 Å². The van der Waals surface area contributed by atoms with Crippen LogP contribution in [0, 0.1) is 16.7 Å². The molecule has 0 aromatic carbocycles. The number of piperidine rings is 1. The maximum absolute atomic E-state index is 3.48. The van der Waals surface area contributed by atoms with Gasteiger partial charge in [0.05, 0.1) is 0 Å². The molecule has 0 spiro atoms. The van der Waals surface area contributed by atoms with Crippen molar-refractivity contribution in [1.82, 2.24) is 10.2 Å². The third-order valence-corrected chi connectivity index (χ3v) is 5.45. The lowest BCUT2D eigenvalue weighted by molar-refractivity contribution is 0.0183. The average molecular weight is 238 g/mol. The van der Waals surface area contributed by atoms with Crippen LogP contribution in [0.2, 0.25) is 0 Å². The van der Waals surface area contributed by atoms with Gasteiger partial charge in [0.1, 0.15) is 0 Å². The van der Waals surface area contributed by atoms with Crippen LogP contribution in [0.3, 0.4) is 0 Å². The van der Waals surface area contributed by atoms with Crippen molar-refractivity contribution in [3.63, 3.8) is 0 Å². The summed E-state index contributed by atoms with van der Waals surface area (Å²) in [5.74, 6) is 0.911. The predicted octanol–water partition coefficient (Wildman–Crippen LogP) is 2.74. The van der Waals surface area contributed by atoms with Gasteiger partial charge in [0.2, 0.25) is 0 Å². The number of likely N-dealkylation sites (tertiary alicyclic amines) is 1. The molecule has 2 aliphatic rings. The van der Waals surface area contributed by atoms with E-state index < -0.39 is 0 Å². The molecule has 1 N–H and O–H groups in total. The van der Waals surface area contributed by atoms with E-state index in [1.54, 1.807) is 0 Å². The maximum atomic E-state index is 3.48. The Bertz CT molecular complexity index is 240.